The van der Waals surface area contributed by atoms with Gasteiger partial charge in [-0.25, -0.2) is 9.37 Å². The van der Waals surface area contributed by atoms with Gasteiger partial charge in [0.15, 0.2) is 5.65 Å². The number of hydrogen-bond acceptors (Lipinski definition) is 4. The first-order valence-corrected chi connectivity index (χ1v) is 10.4. The Hall–Kier alpha value is -3.74. The molecule has 5 aromatic rings. The summed E-state index contributed by atoms with van der Waals surface area (Å²) in [6.07, 6.45) is 9.59. The fourth-order valence-corrected chi connectivity index (χ4v) is 4.15. The van der Waals surface area contributed by atoms with Crippen molar-refractivity contribution >= 4 is 22.4 Å². The molecule has 0 aliphatic heterocycles. The van der Waals surface area contributed by atoms with E-state index < -0.39 is 5.82 Å². The molecule has 7 heteroatoms. The number of nitrogens with two attached hydrogens (primary N) is 1. The number of fused-ring (bicyclic) bond motifs is 4. The van der Waals surface area contributed by atoms with Crippen molar-refractivity contribution in [2.45, 2.75) is 32.6 Å². The first kappa shape index (κ1) is 19.2. The Morgan fingerprint density at radius 2 is 1.90 bits per heavy atom. The Labute approximate surface area is 179 Å². The van der Waals surface area contributed by atoms with Crippen LogP contribution in [0.3, 0.4) is 0 Å². The summed E-state index contributed by atoms with van der Waals surface area (Å²) in [5, 5.41) is 5.55. The summed E-state index contributed by atoms with van der Waals surface area (Å²) >= 11 is 0. The van der Waals surface area contributed by atoms with Crippen LogP contribution in [0, 0.1) is 12.7 Å². The number of hydrogen-bond donors (Lipinski definition) is 2. The SMILES string of the molecule is Cc1cnn2c(N)cc(-c3cncc(F)c3)nc12.c1ccc2c3c([nH]c2c1)CCCC3. The lowest BCUT2D eigenvalue weighted by atomic mass is 9.96. The van der Waals surface area contributed by atoms with E-state index in [-0.39, 0.29) is 0 Å². The number of nitrogens with one attached hydrogen (secondary N) is 1. The van der Waals surface area contributed by atoms with Crippen LogP contribution in [0.15, 0.2) is 55.0 Å². The molecule has 0 saturated heterocycles. The molecular formula is C24H23FN6. The van der Waals surface area contributed by atoms with Gasteiger partial charge in [0.1, 0.15) is 11.6 Å². The predicted octanol–water partition coefficient (Wildman–Crippen LogP) is 4.87. The Bertz CT molecular complexity index is 1380. The van der Waals surface area contributed by atoms with Crippen LogP contribution in [-0.4, -0.2) is 24.6 Å². The summed E-state index contributed by atoms with van der Waals surface area (Å²) in [5.74, 6) is 0.0466. The minimum atomic E-state index is -0.405. The van der Waals surface area contributed by atoms with Crippen LogP contribution in [0.4, 0.5) is 10.2 Å². The fraction of sp³-hybridized carbons (Fsp3) is 0.208. The van der Waals surface area contributed by atoms with Crippen LogP contribution in [0.1, 0.15) is 29.7 Å². The summed E-state index contributed by atoms with van der Waals surface area (Å²) in [6.45, 7) is 1.89. The Morgan fingerprint density at radius 1 is 1.06 bits per heavy atom. The number of H-pyrrole nitrogens is 1. The smallest absolute Gasteiger partial charge is 0.160 e. The van der Waals surface area contributed by atoms with E-state index >= 15 is 0 Å². The van der Waals surface area contributed by atoms with Crippen molar-refractivity contribution in [2.24, 2.45) is 0 Å². The van der Waals surface area contributed by atoms with Gasteiger partial charge in [0, 0.05) is 40.0 Å². The number of aromatic amines is 1. The molecule has 6 nitrogen and oxygen atoms in total. The second kappa shape index (κ2) is 7.83. The minimum absolute atomic E-state index is 0.405. The van der Waals surface area contributed by atoms with Crippen LogP contribution in [0.5, 0.6) is 0 Å². The number of benzene rings is 1. The molecule has 4 aromatic heterocycles. The highest BCUT2D eigenvalue weighted by atomic mass is 19.1. The van der Waals surface area contributed by atoms with Gasteiger partial charge in [0.2, 0.25) is 0 Å². The third kappa shape index (κ3) is 3.63. The quantitative estimate of drug-likeness (QED) is 0.410. The summed E-state index contributed by atoms with van der Waals surface area (Å²) < 4.78 is 14.7. The van der Waals surface area contributed by atoms with Crippen molar-refractivity contribution in [3.05, 3.63) is 77.6 Å². The fourth-order valence-electron chi connectivity index (χ4n) is 4.15. The topological polar surface area (TPSA) is 84.9 Å². The van der Waals surface area contributed by atoms with Gasteiger partial charge < -0.3 is 10.7 Å². The number of nitrogen functional groups attached to an aromatic ring is 1. The third-order valence-corrected chi connectivity index (χ3v) is 5.68. The number of nitrogens with zero attached hydrogens (tertiary/aromatic N) is 4. The monoisotopic (exact) mass is 414 g/mol. The third-order valence-electron chi connectivity index (χ3n) is 5.68. The maximum atomic E-state index is 13.1. The van der Waals surface area contributed by atoms with Crippen molar-refractivity contribution in [2.75, 3.05) is 5.73 Å². The van der Waals surface area contributed by atoms with E-state index in [9.17, 15) is 4.39 Å². The van der Waals surface area contributed by atoms with Crippen LogP contribution < -0.4 is 5.73 Å². The molecule has 0 fully saturated rings. The molecule has 6 rings (SSSR count). The number of aryl methyl sites for hydroxylation is 3. The molecule has 0 amide bonds. The molecule has 156 valence electrons. The van der Waals surface area contributed by atoms with Crippen LogP contribution in [0.2, 0.25) is 0 Å². The molecule has 1 aliphatic rings. The zero-order valence-corrected chi connectivity index (χ0v) is 17.3. The van der Waals surface area contributed by atoms with E-state index in [1.165, 1.54) is 48.3 Å². The Balaban J connectivity index is 0.000000138. The molecule has 0 saturated carbocycles. The highest BCUT2D eigenvalue weighted by molar-refractivity contribution is 5.84. The van der Waals surface area contributed by atoms with E-state index in [0.717, 1.165) is 11.8 Å². The van der Waals surface area contributed by atoms with Crippen molar-refractivity contribution in [3.8, 4) is 11.3 Å². The van der Waals surface area contributed by atoms with Gasteiger partial charge in [-0.2, -0.15) is 9.61 Å². The highest BCUT2D eigenvalue weighted by Gasteiger charge is 2.14. The molecule has 0 unspecified atom stereocenters. The highest BCUT2D eigenvalue weighted by Crippen LogP contribution is 2.28. The van der Waals surface area contributed by atoms with Gasteiger partial charge in [0.25, 0.3) is 0 Å². The molecule has 0 radical (unpaired) electrons. The number of para-hydroxylation sites is 1. The van der Waals surface area contributed by atoms with E-state index in [1.54, 1.807) is 28.5 Å². The summed E-state index contributed by atoms with van der Waals surface area (Å²) in [7, 11) is 0. The van der Waals surface area contributed by atoms with Gasteiger partial charge in [-0.05, 0) is 50.3 Å². The summed E-state index contributed by atoms with van der Waals surface area (Å²) in [5.41, 5.74) is 13.0. The molecular weight excluding hydrogens is 391 g/mol. The van der Waals surface area contributed by atoms with Crippen molar-refractivity contribution < 1.29 is 4.39 Å². The molecule has 3 N–H and O–H groups in total. The molecule has 4 heterocycles. The maximum absolute atomic E-state index is 13.1. The van der Waals surface area contributed by atoms with Gasteiger partial charge >= 0.3 is 0 Å². The lowest BCUT2D eigenvalue weighted by Gasteiger charge is -2.10. The van der Waals surface area contributed by atoms with E-state index in [2.05, 4.69) is 44.3 Å². The molecule has 0 spiro atoms. The number of rotatable bonds is 1. The zero-order valence-electron chi connectivity index (χ0n) is 17.3. The number of anilines is 1. The average molecular weight is 414 g/mol. The zero-order chi connectivity index (χ0) is 21.4. The minimum Gasteiger partial charge on any atom is -0.384 e. The normalized spacial score (nSPS) is 13.1. The second-order valence-corrected chi connectivity index (χ2v) is 7.86. The molecule has 31 heavy (non-hydrogen) atoms. The van der Waals surface area contributed by atoms with Crippen LogP contribution >= 0.6 is 0 Å². The van der Waals surface area contributed by atoms with Crippen molar-refractivity contribution in [3.63, 3.8) is 0 Å². The van der Waals surface area contributed by atoms with Gasteiger partial charge in [-0.1, -0.05) is 18.2 Å². The molecule has 0 atom stereocenters. The standard InChI is InChI=1S/C12H10FN5.C12H13N/c1-7-4-16-18-11(14)3-10(17-12(7)18)8-2-9(13)6-15-5-8;1-3-7-11-9(5-1)10-6-2-4-8-12(10)13-11/h2-6H,14H2,1H3;1,3,5,7,13H,2,4,6,8H2. The van der Waals surface area contributed by atoms with E-state index in [4.69, 9.17) is 5.73 Å². The number of halogens is 1. The second-order valence-electron chi connectivity index (χ2n) is 7.86. The maximum Gasteiger partial charge on any atom is 0.160 e. The summed E-state index contributed by atoms with van der Waals surface area (Å²) in [4.78, 5) is 11.7. The van der Waals surface area contributed by atoms with Crippen LogP contribution in [0.25, 0.3) is 27.8 Å². The van der Waals surface area contributed by atoms with Gasteiger partial charge in [-0.3, -0.25) is 4.98 Å². The first-order chi connectivity index (χ1) is 15.1. The lowest BCUT2D eigenvalue weighted by Crippen LogP contribution is -2.01. The largest absolute Gasteiger partial charge is 0.384 e. The number of aromatic nitrogens is 5. The van der Waals surface area contributed by atoms with Crippen molar-refractivity contribution in [1.29, 1.82) is 0 Å². The summed E-state index contributed by atoms with van der Waals surface area (Å²) in [6, 6.07) is 11.7. The average Bonchev–Trinajstić information content (AvgIpc) is 3.35. The molecule has 0 bridgehead atoms. The molecule has 1 aliphatic carbocycles. The number of pyridine rings is 1. The Morgan fingerprint density at radius 3 is 2.77 bits per heavy atom. The van der Waals surface area contributed by atoms with Crippen LogP contribution in [-0.2, 0) is 12.8 Å². The van der Waals surface area contributed by atoms with E-state index in [0.29, 0.717) is 22.7 Å². The first-order valence-electron chi connectivity index (χ1n) is 10.4. The Kier molecular flexibility index (Phi) is 4.86. The van der Waals surface area contributed by atoms with Gasteiger partial charge in [-0.15, -0.1) is 0 Å². The van der Waals surface area contributed by atoms with Crippen molar-refractivity contribution in [1.82, 2.24) is 24.6 Å². The van der Waals surface area contributed by atoms with E-state index in [1.807, 2.05) is 6.92 Å². The lowest BCUT2D eigenvalue weighted by molar-refractivity contribution is 0.622. The predicted molar refractivity (Wildman–Crippen MR) is 120 cm³/mol. The molecule has 1 aromatic carbocycles. The van der Waals surface area contributed by atoms with Gasteiger partial charge in [0.05, 0.1) is 18.1 Å².